The van der Waals surface area contributed by atoms with Crippen LogP contribution < -0.4 is 5.46 Å². The lowest BCUT2D eigenvalue weighted by Crippen LogP contribution is -2.33. The summed E-state index contributed by atoms with van der Waals surface area (Å²) in [5, 5.41) is 19.8. The number of fused-ring (bicyclic) bond motifs is 1. The summed E-state index contributed by atoms with van der Waals surface area (Å²) in [5.41, 5.74) is 2.22. The number of aryl methyl sites for hydroxylation is 1. The van der Waals surface area contributed by atoms with Crippen LogP contribution in [0.5, 0.6) is 0 Å². The second-order valence-electron chi connectivity index (χ2n) is 4.92. The van der Waals surface area contributed by atoms with Crippen molar-refractivity contribution in [2.24, 2.45) is 5.92 Å². The minimum Gasteiger partial charge on any atom is -0.461 e. The number of rotatable bonds is 3. The van der Waals surface area contributed by atoms with Crippen molar-refractivity contribution in [2.75, 3.05) is 0 Å². The predicted octanol–water partition coefficient (Wildman–Crippen LogP) is 1.62. The summed E-state index contributed by atoms with van der Waals surface area (Å²) in [5.74, 6) is 1.30. The second-order valence-corrected chi connectivity index (χ2v) is 4.92. The molecule has 0 bridgehead atoms. The van der Waals surface area contributed by atoms with Gasteiger partial charge in [0.05, 0.1) is 0 Å². The maximum atomic E-state index is 9.40. The highest BCUT2D eigenvalue weighted by atomic mass is 16.4. The van der Waals surface area contributed by atoms with Gasteiger partial charge in [-0.1, -0.05) is 13.8 Å². The van der Waals surface area contributed by atoms with Gasteiger partial charge in [-0.25, -0.2) is 0 Å². The van der Waals surface area contributed by atoms with Gasteiger partial charge in [-0.2, -0.15) is 0 Å². The molecule has 0 radical (unpaired) electrons. The molecular weight excluding hydrogens is 215 g/mol. The summed E-state index contributed by atoms with van der Waals surface area (Å²) in [6.45, 7) is 6.11. The third-order valence-corrected chi connectivity index (χ3v) is 2.81. The number of furan rings is 1. The topological polar surface area (TPSA) is 53.6 Å². The third-order valence-electron chi connectivity index (χ3n) is 2.81. The molecule has 0 unspecified atom stereocenters. The van der Waals surface area contributed by atoms with Gasteiger partial charge < -0.3 is 14.5 Å². The molecule has 4 heteroatoms. The SMILES string of the molecule is Cc1cc2cc(CC(C)C)c(B(O)O)cc2o1. The molecule has 90 valence electrons. The van der Waals surface area contributed by atoms with Crippen LogP contribution in [0.15, 0.2) is 22.6 Å². The van der Waals surface area contributed by atoms with Crippen LogP contribution in [0, 0.1) is 12.8 Å². The molecule has 0 spiro atoms. The molecule has 0 saturated carbocycles. The lowest BCUT2D eigenvalue weighted by atomic mass is 9.75. The number of hydrogen-bond donors (Lipinski definition) is 2. The Kier molecular flexibility index (Phi) is 3.27. The smallest absolute Gasteiger partial charge is 0.461 e. The van der Waals surface area contributed by atoms with E-state index in [2.05, 4.69) is 13.8 Å². The molecule has 0 atom stereocenters. The van der Waals surface area contributed by atoms with Crippen LogP contribution in [0.4, 0.5) is 0 Å². The first-order chi connectivity index (χ1) is 7.97. The van der Waals surface area contributed by atoms with Gasteiger partial charge >= 0.3 is 7.12 Å². The van der Waals surface area contributed by atoms with E-state index in [4.69, 9.17) is 4.42 Å². The fourth-order valence-electron chi connectivity index (χ4n) is 2.14. The average Bonchev–Trinajstić information content (AvgIpc) is 2.54. The van der Waals surface area contributed by atoms with Crippen molar-refractivity contribution in [3.05, 3.63) is 29.5 Å². The molecule has 0 aliphatic rings. The molecule has 1 aromatic heterocycles. The lowest BCUT2D eigenvalue weighted by Gasteiger charge is -2.11. The van der Waals surface area contributed by atoms with E-state index in [0.29, 0.717) is 17.0 Å². The maximum Gasteiger partial charge on any atom is 0.488 e. The third kappa shape index (κ3) is 2.53. The Morgan fingerprint density at radius 3 is 2.53 bits per heavy atom. The summed E-state index contributed by atoms with van der Waals surface area (Å²) >= 11 is 0. The Balaban J connectivity index is 2.57. The normalized spacial score (nSPS) is 11.4. The minimum atomic E-state index is -1.45. The van der Waals surface area contributed by atoms with Gasteiger partial charge in [0.25, 0.3) is 0 Å². The predicted molar refractivity (Wildman–Crippen MR) is 69.3 cm³/mol. The van der Waals surface area contributed by atoms with Crippen molar-refractivity contribution in [3.63, 3.8) is 0 Å². The highest BCUT2D eigenvalue weighted by molar-refractivity contribution is 6.59. The van der Waals surface area contributed by atoms with Crippen LogP contribution in [-0.2, 0) is 6.42 Å². The summed E-state index contributed by atoms with van der Waals surface area (Å²) in [7, 11) is -1.45. The first-order valence-electron chi connectivity index (χ1n) is 5.86. The van der Waals surface area contributed by atoms with Crippen LogP contribution in [-0.4, -0.2) is 17.2 Å². The van der Waals surface area contributed by atoms with Crippen molar-refractivity contribution in [3.8, 4) is 0 Å². The Morgan fingerprint density at radius 1 is 1.24 bits per heavy atom. The highest BCUT2D eigenvalue weighted by Crippen LogP contribution is 2.20. The van der Waals surface area contributed by atoms with Crippen molar-refractivity contribution < 1.29 is 14.5 Å². The fraction of sp³-hybridized carbons (Fsp3) is 0.385. The largest absolute Gasteiger partial charge is 0.488 e. The monoisotopic (exact) mass is 232 g/mol. The van der Waals surface area contributed by atoms with Crippen LogP contribution in [0.2, 0.25) is 0 Å². The van der Waals surface area contributed by atoms with Crippen molar-refractivity contribution in [1.29, 1.82) is 0 Å². The van der Waals surface area contributed by atoms with Gasteiger partial charge in [-0.3, -0.25) is 0 Å². The Morgan fingerprint density at radius 2 is 1.94 bits per heavy atom. The molecule has 0 saturated heterocycles. The van der Waals surface area contributed by atoms with E-state index in [1.807, 2.05) is 19.1 Å². The molecule has 0 aliphatic carbocycles. The second kappa shape index (κ2) is 4.55. The Bertz CT molecular complexity index is 529. The van der Waals surface area contributed by atoms with Gasteiger partial charge in [0.1, 0.15) is 11.3 Å². The van der Waals surface area contributed by atoms with E-state index in [1.54, 1.807) is 6.07 Å². The van der Waals surface area contributed by atoms with Crippen LogP contribution in [0.25, 0.3) is 11.0 Å². The fourth-order valence-corrected chi connectivity index (χ4v) is 2.14. The minimum absolute atomic E-state index is 0.470. The summed E-state index contributed by atoms with van der Waals surface area (Å²) in [6, 6.07) is 5.68. The van der Waals surface area contributed by atoms with E-state index in [9.17, 15) is 10.0 Å². The van der Waals surface area contributed by atoms with E-state index in [0.717, 1.165) is 23.1 Å². The van der Waals surface area contributed by atoms with E-state index in [1.165, 1.54) is 0 Å². The van der Waals surface area contributed by atoms with E-state index in [-0.39, 0.29) is 0 Å². The van der Waals surface area contributed by atoms with Gasteiger partial charge in [0.15, 0.2) is 0 Å². The lowest BCUT2D eigenvalue weighted by molar-refractivity contribution is 0.425. The molecule has 0 fully saturated rings. The molecule has 17 heavy (non-hydrogen) atoms. The van der Waals surface area contributed by atoms with Crippen LogP contribution in [0.1, 0.15) is 25.2 Å². The molecule has 1 heterocycles. The van der Waals surface area contributed by atoms with Crippen LogP contribution >= 0.6 is 0 Å². The summed E-state index contributed by atoms with van der Waals surface area (Å²) in [6.07, 6.45) is 0.827. The molecule has 0 aliphatic heterocycles. The van der Waals surface area contributed by atoms with Gasteiger partial charge in [-0.15, -0.1) is 0 Å². The van der Waals surface area contributed by atoms with Gasteiger partial charge in [-0.05, 0) is 48.5 Å². The first-order valence-corrected chi connectivity index (χ1v) is 5.86. The molecule has 2 rings (SSSR count). The highest BCUT2D eigenvalue weighted by Gasteiger charge is 2.18. The molecule has 2 aromatic rings. The van der Waals surface area contributed by atoms with Gasteiger partial charge in [0.2, 0.25) is 0 Å². The summed E-state index contributed by atoms with van der Waals surface area (Å²) in [4.78, 5) is 0. The van der Waals surface area contributed by atoms with Crippen molar-refractivity contribution in [1.82, 2.24) is 0 Å². The zero-order valence-corrected chi connectivity index (χ0v) is 10.4. The summed E-state index contributed by atoms with van der Waals surface area (Å²) < 4.78 is 5.50. The first kappa shape index (κ1) is 12.2. The zero-order chi connectivity index (χ0) is 12.6. The van der Waals surface area contributed by atoms with E-state index >= 15 is 0 Å². The molecule has 3 nitrogen and oxygen atoms in total. The average molecular weight is 232 g/mol. The molecule has 1 aromatic carbocycles. The van der Waals surface area contributed by atoms with E-state index < -0.39 is 7.12 Å². The molecular formula is C13H17BO3. The van der Waals surface area contributed by atoms with Crippen LogP contribution in [0.3, 0.4) is 0 Å². The maximum absolute atomic E-state index is 9.40. The standard InChI is InChI=1S/C13H17BO3/c1-8(2)4-10-6-11-5-9(3)17-13(11)7-12(10)14(15)16/h5-8,15-16H,4H2,1-3H3. The van der Waals surface area contributed by atoms with Gasteiger partial charge in [0, 0.05) is 5.39 Å². The van der Waals surface area contributed by atoms with Crippen molar-refractivity contribution >= 4 is 23.6 Å². The molecule has 0 amide bonds. The zero-order valence-electron chi connectivity index (χ0n) is 10.4. The quantitative estimate of drug-likeness (QED) is 0.790. The Hall–Kier alpha value is -1.26. The van der Waals surface area contributed by atoms with Crippen molar-refractivity contribution in [2.45, 2.75) is 27.2 Å². The Labute approximate surface area is 101 Å². The number of benzene rings is 1. The number of hydrogen-bond acceptors (Lipinski definition) is 3. The molecule has 2 N–H and O–H groups in total.